The van der Waals surface area contributed by atoms with E-state index in [9.17, 15) is 14.4 Å². The molecule has 1 rings (SSSR count). The summed E-state index contributed by atoms with van der Waals surface area (Å²) < 4.78 is 5.02. The highest BCUT2D eigenvalue weighted by Crippen LogP contribution is 2.10. The van der Waals surface area contributed by atoms with Crippen LogP contribution in [0.1, 0.15) is 37.7 Å². The van der Waals surface area contributed by atoms with Gasteiger partial charge >= 0.3 is 11.9 Å². The van der Waals surface area contributed by atoms with Crippen molar-refractivity contribution in [1.82, 2.24) is 10.3 Å². The predicted molar refractivity (Wildman–Crippen MR) is 71.5 cm³/mol. The molecule has 0 bridgehead atoms. The standard InChI is InChI=1S/C12H16N2O5S/c1-12(2,3)19-9(15)4-7(11(17)18)14-10(16)8-5-20-6-13-8/h5-7H,4H2,1-3H3,(H,14,16)(H,17,18)/t7-/m0/s1. The Morgan fingerprint density at radius 3 is 2.55 bits per heavy atom. The zero-order valence-electron chi connectivity index (χ0n) is 11.4. The first-order valence-corrected chi connectivity index (χ1v) is 6.77. The number of rotatable bonds is 5. The molecule has 0 fully saturated rings. The van der Waals surface area contributed by atoms with Crippen LogP contribution in [0.25, 0.3) is 0 Å². The van der Waals surface area contributed by atoms with Crippen LogP contribution in [0.3, 0.4) is 0 Å². The number of carbonyl (C=O) groups excluding carboxylic acids is 2. The molecule has 0 radical (unpaired) electrons. The zero-order valence-corrected chi connectivity index (χ0v) is 12.2. The maximum Gasteiger partial charge on any atom is 0.326 e. The van der Waals surface area contributed by atoms with Crippen LogP contribution >= 0.6 is 11.3 Å². The van der Waals surface area contributed by atoms with Crippen LogP contribution in [0.4, 0.5) is 0 Å². The quantitative estimate of drug-likeness (QED) is 0.788. The Hall–Kier alpha value is -1.96. The smallest absolute Gasteiger partial charge is 0.326 e. The topological polar surface area (TPSA) is 106 Å². The van der Waals surface area contributed by atoms with Crippen LogP contribution in [-0.4, -0.2) is 39.6 Å². The number of esters is 1. The number of carboxylic acid groups (broad SMARTS) is 1. The number of carboxylic acids is 1. The van der Waals surface area contributed by atoms with Crippen LogP contribution in [0.15, 0.2) is 10.9 Å². The molecule has 0 aliphatic carbocycles. The first-order chi connectivity index (χ1) is 9.19. The maximum atomic E-state index is 11.7. The normalized spacial score (nSPS) is 12.6. The van der Waals surface area contributed by atoms with Gasteiger partial charge in [-0.2, -0.15) is 0 Å². The SMILES string of the molecule is CC(C)(C)OC(=O)C[C@H](NC(=O)c1cscn1)C(=O)O. The first-order valence-electron chi connectivity index (χ1n) is 5.83. The van der Waals surface area contributed by atoms with E-state index < -0.39 is 35.9 Å². The monoisotopic (exact) mass is 300 g/mol. The Balaban J connectivity index is 2.64. The molecule has 1 amide bonds. The first kappa shape index (κ1) is 16.1. The number of aliphatic carboxylic acids is 1. The number of thiazole rings is 1. The number of amides is 1. The fourth-order valence-corrected chi connectivity index (χ4v) is 1.84. The van der Waals surface area contributed by atoms with Crippen LogP contribution in [0.2, 0.25) is 0 Å². The van der Waals surface area contributed by atoms with Crippen molar-refractivity contribution in [2.24, 2.45) is 0 Å². The molecule has 0 saturated heterocycles. The van der Waals surface area contributed by atoms with Gasteiger partial charge in [0.05, 0.1) is 11.9 Å². The summed E-state index contributed by atoms with van der Waals surface area (Å²) in [5.41, 5.74) is 0.864. The average molecular weight is 300 g/mol. The van der Waals surface area contributed by atoms with Gasteiger partial charge in [0.2, 0.25) is 0 Å². The van der Waals surface area contributed by atoms with Gasteiger partial charge in [-0.3, -0.25) is 9.59 Å². The van der Waals surface area contributed by atoms with E-state index in [0.717, 1.165) is 0 Å². The van der Waals surface area contributed by atoms with E-state index in [0.29, 0.717) is 0 Å². The second-order valence-corrected chi connectivity index (χ2v) is 5.75. The van der Waals surface area contributed by atoms with Gasteiger partial charge in [0.1, 0.15) is 17.3 Å². The van der Waals surface area contributed by atoms with Gasteiger partial charge in [0, 0.05) is 5.38 Å². The summed E-state index contributed by atoms with van der Waals surface area (Å²) in [7, 11) is 0. The number of hydrogen-bond acceptors (Lipinski definition) is 6. The van der Waals surface area contributed by atoms with Crippen LogP contribution in [0.5, 0.6) is 0 Å². The maximum absolute atomic E-state index is 11.7. The molecule has 7 nitrogen and oxygen atoms in total. The van der Waals surface area contributed by atoms with Gasteiger partial charge in [-0.1, -0.05) is 0 Å². The molecule has 110 valence electrons. The van der Waals surface area contributed by atoms with Crippen LogP contribution in [-0.2, 0) is 14.3 Å². The lowest BCUT2D eigenvalue weighted by Gasteiger charge is -2.21. The fraction of sp³-hybridized carbons (Fsp3) is 0.500. The molecular weight excluding hydrogens is 284 g/mol. The number of ether oxygens (including phenoxy) is 1. The van der Waals surface area contributed by atoms with E-state index in [4.69, 9.17) is 9.84 Å². The summed E-state index contributed by atoms with van der Waals surface area (Å²) in [4.78, 5) is 38.1. The Bertz CT molecular complexity index is 492. The lowest BCUT2D eigenvalue weighted by Crippen LogP contribution is -2.43. The fourth-order valence-electron chi connectivity index (χ4n) is 1.31. The van der Waals surface area contributed by atoms with Crippen molar-refractivity contribution in [1.29, 1.82) is 0 Å². The average Bonchev–Trinajstić information content (AvgIpc) is 2.78. The largest absolute Gasteiger partial charge is 0.480 e. The Labute approximate surface area is 120 Å². The van der Waals surface area contributed by atoms with Crippen molar-refractivity contribution in [3.8, 4) is 0 Å². The molecule has 8 heteroatoms. The Morgan fingerprint density at radius 1 is 1.45 bits per heavy atom. The lowest BCUT2D eigenvalue weighted by atomic mass is 10.1. The van der Waals surface area contributed by atoms with Gasteiger partial charge in [0.25, 0.3) is 5.91 Å². The zero-order chi connectivity index (χ0) is 15.3. The van der Waals surface area contributed by atoms with Crippen molar-refractivity contribution in [2.75, 3.05) is 0 Å². The summed E-state index contributed by atoms with van der Waals surface area (Å²) in [6, 6.07) is -1.35. The molecule has 0 aromatic carbocycles. The van der Waals surface area contributed by atoms with E-state index in [-0.39, 0.29) is 5.69 Å². The predicted octanol–water partition coefficient (Wildman–Crippen LogP) is 1.06. The molecule has 0 spiro atoms. The molecule has 0 aliphatic rings. The highest BCUT2D eigenvalue weighted by atomic mass is 32.1. The molecule has 0 aliphatic heterocycles. The molecule has 2 N–H and O–H groups in total. The van der Waals surface area contributed by atoms with Gasteiger partial charge in [0.15, 0.2) is 0 Å². The second-order valence-electron chi connectivity index (χ2n) is 5.03. The highest BCUT2D eigenvalue weighted by Gasteiger charge is 2.27. The van der Waals surface area contributed by atoms with Gasteiger partial charge in [-0.25, -0.2) is 9.78 Å². The van der Waals surface area contributed by atoms with Crippen LogP contribution in [0, 0.1) is 0 Å². The van der Waals surface area contributed by atoms with Crippen molar-refractivity contribution < 1.29 is 24.2 Å². The minimum Gasteiger partial charge on any atom is -0.480 e. The van der Waals surface area contributed by atoms with Gasteiger partial charge in [-0.05, 0) is 20.8 Å². The van der Waals surface area contributed by atoms with Gasteiger partial charge < -0.3 is 15.2 Å². The number of aromatic nitrogens is 1. The summed E-state index contributed by atoms with van der Waals surface area (Å²) in [5, 5.41) is 12.8. The molecular formula is C12H16N2O5S. The van der Waals surface area contributed by atoms with Crippen molar-refractivity contribution in [3.63, 3.8) is 0 Å². The highest BCUT2D eigenvalue weighted by molar-refractivity contribution is 7.07. The number of nitrogens with zero attached hydrogens (tertiary/aromatic N) is 1. The third-order valence-electron chi connectivity index (χ3n) is 2.06. The van der Waals surface area contributed by atoms with Crippen molar-refractivity contribution >= 4 is 29.2 Å². The summed E-state index contributed by atoms with van der Waals surface area (Å²) in [5.74, 6) is -2.63. The molecule has 1 atom stereocenters. The molecule has 1 aromatic rings. The van der Waals surface area contributed by atoms with Gasteiger partial charge in [-0.15, -0.1) is 11.3 Å². The van der Waals surface area contributed by atoms with Crippen LogP contribution < -0.4 is 5.32 Å². The number of hydrogen-bond donors (Lipinski definition) is 2. The van der Waals surface area contributed by atoms with Crippen molar-refractivity contribution in [3.05, 3.63) is 16.6 Å². The molecule has 0 unspecified atom stereocenters. The van der Waals surface area contributed by atoms with E-state index in [1.807, 2.05) is 0 Å². The Kier molecular flexibility index (Phi) is 5.20. The van der Waals surface area contributed by atoms with Crippen molar-refractivity contribution in [2.45, 2.75) is 38.8 Å². The summed E-state index contributed by atoms with van der Waals surface area (Å²) in [6.45, 7) is 5.03. The van der Waals surface area contributed by atoms with E-state index in [2.05, 4.69) is 10.3 Å². The third kappa shape index (κ3) is 5.35. The lowest BCUT2D eigenvalue weighted by molar-refractivity contribution is -0.158. The minimum absolute atomic E-state index is 0.116. The third-order valence-corrected chi connectivity index (χ3v) is 2.65. The second kappa shape index (κ2) is 6.47. The van der Waals surface area contributed by atoms with E-state index in [1.54, 1.807) is 20.8 Å². The summed E-state index contributed by atoms with van der Waals surface area (Å²) in [6.07, 6.45) is -0.442. The van der Waals surface area contributed by atoms with E-state index >= 15 is 0 Å². The summed E-state index contributed by atoms with van der Waals surface area (Å²) >= 11 is 1.21. The number of carbonyl (C=O) groups is 3. The molecule has 0 saturated carbocycles. The minimum atomic E-state index is -1.35. The Morgan fingerprint density at radius 2 is 2.10 bits per heavy atom. The molecule has 20 heavy (non-hydrogen) atoms. The molecule has 1 heterocycles. The van der Waals surface area contributed by atoms with E-state index in [1.165, 1.54) is 22.2 Å². The molecule has 1 aromatic heterocycles. The number of nitrogens with one attached hydrogen (secondary N) is 1.